The van der Waals surface area contributed by atoms with Gasteiger partial charge < -0.3 is 14.4 Å². The fraction of sp³-hybridized carbons (Fsp3) is 0.550. The third-order valence-corrected chi connectivity index (χ3v) is 7.74. The molecule has 2 aromatic rings. The van der Waals surface area contributed by atoms with Crippen LogP contribution < -0.4 is 5.14 Å². The number of halogens is 3. The fourth-order valence-electron chi connectivity index (χ4n) is 4.52. The van der Waals surface area contributed by atoms with E-state index < -0.39 is 40.0 Å². The van der Waals surface area contributed by atoms with Crippen molar-refractivity contribution in [3.05, 3.63) is 35.5 Å². The van der Waals surface area contributed by atoms with Gasteiger partial charge in [0.05, 0.1) is 5.25 Å². The minimum atomic E-state index is -3.78. The number of rotatable bonds is 7. The second-order valence-electron chi connectivity index (χ2n) is 8.49. The zero-order valence-corrected chi connectivity index (χ0v) is 18.8. The number of primary sulfonamides is 1. The number of aliphatic hydroxyl groups excluding tert-OH is 1. The first-order valence-corrected chi connectivity index (χ1v) is 12.2. The highest BCUT2D eigenvalue weighted by Crippen LogP contribution is 2.31. The van der Waals surface area contributed by atoms with Gasteiger partial charge >= 0.3 is 6.43 Å². The van der Waals surface area contributed by atoms with E-state index in [9.17, 15) is 26.4 Å². The van der Waals surface area contributed by atoms with Crippen molar-refractivity contribution in [3.63, 3.8) is 0 Å². The maximum Gasteiger partial charge on any atom is 0.314 e. The smallest absolute Gasteiger partial charge is 0.314 e. The Kier molecular flexibility index (Phi) is 6.94. The summed E-state index contributed by atoms with van der Waals surface area (Å²) in [5, 5.41) is 20.4. The Balaban J connectivity index is 1.52. The molecular formula is C20H24F3N5O5S. The number of carbonyl (C=O) groups is 1. The summed E-state index contributed by atoms with van der Waals surface area (Å²) >= 11 is 0. The van der Waals surface area contributed by atoms with Crippen LogP contribution in [0.1, 0.15) is 30.7 Å². The number of piperidine rings is 1. The maximum atomic E-state index is 14.9. The van der Waals surface area contributed by atoms with Gasteiger partial charge in [0.2, 0.25) is 21.8 Å². The number of sulfonamides is 1. The highest BCUT2D eigenvalue weighted by atomic mass is 32.2. The normalized spacial score (nSPS) is 22.2. The van der Waals surface area contributed by atoms with E-state index in [1.165, 1.54) is 17.0 Å². The maximum absolute atomic E-state index is 14.9. The van der Waals surface area contributed by atoms with Gasteiger partial charge in [0.25, 0.3) is 5.89 Å². The van der Waals surface area contributed by atoms with E-state index in [4.69, 9.17) is 14.7 Å². The summed E-state index contributed by atoms with van der Waals surface area (Å²) in [4.78, 5) is 15.2. The van der Waals surface area contributed by atoms with Crippen molar-refractivity contribution in [3.8, 4) is 11.5 Å². The average Bonchev–Trinajstić information content (AvgIpc) is 3.24. The molecule has 1 aromatic carbocycles. The number of carbonyl (C=O) groups excluding carboxylic acids is 1. The Bertz CT molecular complexity index is 1160. The third kappa shape index (κ3) is 5.09. The van der Waals surface area contributed by atoms with Crippen LogP contribution in [0.25, 0.3) is 11.5 Å². The Labute approximate surface area is 193 Å². The van der Waals surface area contributed by atoms with Crippen molar-refractivity contribution >= 4 is 15.9 Å². The van der Waals surface area contributed by atoms with Gasteiger partial charge in [-0.3, -0.25) is 9.69 Å². The van der Waals surface area contributed by atoms with Crippen LogP contribution in [-0.4, -0.2) is 83.0 Å². The molecule has 0 radical (unpaired) electrons. The Morgan fingerprint density at radius 1 is 1.29 bits per heavy atom. The van der Waals surface area contributed by atoms with E-state index >= 15 is 0 Å². The van der Waals surface area contributed by atoms with Gasteiger partial charge in [-0.05, 0) is 37.0 Å². The summed E-state index contributed by atoms with van der Waals surface area (Å²) in [6.45, 7) is 0.609. The third-order valence-electron chi connectivity index (χ3n) is 6.38. The SMILES string of the molecule is NS(=O)(=O)C1CCN(C2CN(C(=O)CO)C2)C(Cc2ccc(-c3nnc(C(F)F)o3)cc2F)C1. The quantitative estimate of drug-likeness (QED) is 0.562. The number of benzene rings is 1. The molecule has 2 fully saturated rings. The molecular weight excluding hydrogens is 479 g/mol. The molecule has 14 heteroatoms. The minimum Gasteiger partial charge on any atom is -0.415 e. The molecule has 2 saturated heterocycles. The minimum absolute atomic E-state index is 0.0459. The number of nitrogens with zero attached hydrogens (tertiary/aromatic N) is 4. The monoisotopic (exact) mass is 503 g/mol. The molecule has 0 aliphatic carbocycles. The van der Waals surface area contributed by atoms with Gasteiger partial charge in [-0.2, -0.15) is 8.78 Å². The summed E-state index contributed by atoms with van der Waals surface area (Å²) in [5.41, 5.74) is 0.436. The van der Waals surface area contributed by atoms with E-state index in [-0.39, 0.29) is 42.3 Å². The zero-order valence-electron chi connectivity index (χ0n) is 18.0. The molecule has 0 saturated carbocycles. The van der Waals surface area contributed by atoms with Gasteiger partial charge in [0.15, 0.2) is 0 Å². The van der Waals surface area contributed by atoms with Crippen LogP contribution >= 0.6 is 0 Å². The first kappa shape index (κ1) is 24.6. The Morgan fingerprint density at radius 3 is 2.62 bits per heavy atom. The number of amides is 1. The first-order chi connectivity index (χ1) is 16.1. The highest BCUT2D eigenvalue weighted by molar-refractivity contribution is 7.89. The number of hydrogen-bond acceptors (Lipinski definition) is 8. The zero-order chi connectivity index (χ0) is 24.6. The second-order valence-corrected chi connectivity index (χ2v) is 10.3. The predicted molar refractivity (Wildman–Crippen MR) is 112 cm³/mol. The predicted octanol–water partition coefficient (Wildman–Crippen LogP) is 0.680. The fourth-order valence-corrected chi connectivity index (χ4v) is 5.44. The Hall–Kier alpha value is -2.55. The van der Waals surface area contributed by atoms with Crippen molar-refractivity contribution in [1.82, 2.24) is 20.0 Å². The van der Waals surface area contributed by atoms with Gasteiger partial charge in [-0.25, -0.2) is 17.9 Å². The molecule has 2 aliphatic rings. The van der Waals surface area contributed by atoms with E-state index in [2.05, 4.69) is 15.1 Å². The van der Waals surface area contributed by atoms with Crippen LogP contribution in [0.5, 0.6) is 0 Å². The molecule has 186 valence electrons. The van der Waals surface area contributed by atoms with E-state index in [1.807, 2.05) is 0 Å². The van der Waals surface area contributed by atoms with Gasteiger partial charge in [0, 0.05) is 37.3 Å². The summed E-state index contributed by atoms with van der Waals surface area (Å²) in [5.74, 6) is -2.11. The molecule has 3 heterocycles. The van der Waals surface area contributed by atoms with E-state index in [1.54, 1.807) is 0 Å². The molecule has 0 spiro atoms. The average molecular weight is 504 g/mol. The molecule has 2 aliphatic heterocycles. The van der Waals surface area contributed by atoms with Gasteiger partial charge in [-0.1, -0.05) is 6.07 Å². The lowest BCUT2D eigenvalue weighted by molar-refractivity contribution is -0.143. The molecule has 3 N–H and O–H groups in total. The second kappa shape index (κ2) is 9.60. The molecule has 2 atom stereocenters. The topological polar surface area (TPSA) is 143 Å². The van der Waals surface area contributed by atoms with Crippen LogP contribution in [0.2, 0.25) is 0 Å². The lowest BCUT2D eigenvalue weighted by Crippen LogP contribution is -2.65. The lowest BCUT2D eigenvalue weighted by Gasteiger charge is -2.50. The summed E-state index contributed by atoms with van der Waals surface area (Å²) in [6, 6.07) is 3.64. The summed E-state index contributed by atoms with van der Waals surface area (Å²) in [7, 11) is -3.78. The standard InChI is InChI=1S/C20H24F3N5O5S/c21-16-6-12(19-25-26-20(33-19)18(22)23)2-1-11(16)5-13-7-15(34(24,31)32)3-4-28(13)14-8-27(9-14)17(30)10-29/h1-2,6,13-15,18,29H,3-5,7-10H2,(H2,24,31,32). The molecule has 34 heavy (non-hydrogen) atoms. The summed E-state index contributed by atoms with van der Waals surface area (Å²) < 4.78 is 69.1. The largest absolute Gasteiger partial charge is 0.415 e. The number of alkyl halides is 2. The van der Waals surface area contributed by atoms with Crippen LogP contribution in [-0.2, 0) is 21.2 Å². The van der Waals surface area contributed by atoms with Crippen molar-refractivity contribution in [2.45, 2.75) is 43.0 Å². The molecule has 10 nitrogen and oxygen atoms in total. The summed E-state index contributed by atoms with van der Waals surface area (Å²) in [6.07, 6.45) is -2.24. The Morgan fingerprint density at radius 2 is 2.03 bits per heavy atom. The van der Waals surface area contributed by atoms with E-state index in [0.29, 0.717) is 31.6 Å². The molecule has 1 amide bonds. The number of likely N-dealkylation sites (tertiary alicyclic amines) is 2. The molecule has 2 unspecified atom stereocenters. The van der Waals surface area contributed by atoms with Crippen molar-refractivity contribution in [2.75, 3.05) is 26.2 Å². The van der Waals surface area contributed by atoms with Crippen LogP contribution in [0.15, 0.2) is 22.6 Å². The van der Waals surface area contributed by atoms with Gasteiger partial charge in [-0.15, -0.1) is 10.2 Å². The number of aromatic nitrogens is 2. The molecule has 1 aromatic heterocycles. The van der Waals surface area contributed by atoms with Crippen LogP contribution in [0.4, 0.5) is 13.2 Å². The number of aliphatic hydroxyl groups is 1. The lowest BCUT2D eigenvalue weighted by atomic mass is 9.91. The number of hydrogen-bond donors (Lipinski definition) is 2. The van der Waals surface area contributed by atoms with Crippen molar-refractivity contribution in [1.29, 1.82) is 0 Å². The van der Waals surface area contributed by atoms with Crippen LogP contribution in [0.3, 0.4) is 0 Å². The molecule has 0 bridgehead atoms. The van der Waals surface area contributed by atoms with Crippen molar-refractivity contribution in [2.24, 2.45) is 5.14 Å². The van der Waals surface area contributed by atoms with Crippen molar-refractivity contribution < 1.29 is 35.9 Å². The first-order valence-electron chi connectivity index (χ1n) is 10.6. The van der Waals surface area contributed by atoms with Crippen LogP contribution in [0, 0.1) is 5.82 Å². The van der Waals surface area contributed by atoms with E-state index in [0.717, 1.165) is 6.07 Å². The number of nitrogens with two attached hydrogens (primary N) is 1. The highest BCUT2D eigenvalue weighted by Gasteiger charge is 2.42. The molecule has 4 rings (SSSR count). The van der Waals surface area contributed by atoms with Gasteiger partial charge in [0.1, 0.15) is 12.4 Å².